The zero-order valence-corrected chi connectivity index (χ0v) is 14.4. The topological polar surface area (TPSA) is 98.2 Å². The Balaban J connectivity index is 1.68. The Labute approximate surface area is 147 Å². The van der Waals surface area contributed by atoms with Crippen LogP contribution >= 0.6 is 11.8 Å². The van der Waals surface area contributed by atoms with Gasteiger partial charge in [-0.3, -0.25) is 4.79 Å². The van der Waals surface area contributed by atoms with E-state index >= 15 is 0 Å². The third kappa shape index (κ3) is 4.05. The SMILES string of the molecule is CCCc1cc2nnc(SCC(=O)Nc3ccc(F)cc3)n2c(N)n1. The molecule has 7 nitrogen and oxygen atoms in total. The molecular formula is C16H17FN6OS. The minimum absolute atomic E-state index is 0.119. The number of thioether (sulfide) groups is 1. The molecule has 0 aliphatic carbocycles. The van der Waals surface area contributed by atoms with Crippen LogP contribution in [0.4, 0.5) is 16.0 Å². The van der Waals surface area contributed by atoms with Gasteiger partial charge in [-0.05, 0) is 30.7 Å². The van der Waals surface area contributed by atoms with Gasteiger partial charge in [0, 0.05) is 17.4 Å². The fourth-order valence-corrected chi connectivity index (χ4v) is 3.05. The van der Waals surface area contributed by atoms with Crippen molar-refractivity contribution in [1.82, 2.24) is 19.6 Å². The lowest BCUT2D eigenvalue weighted by Crippen LogP contribution is -2.14. The van der Waals surface area contributed by atoms with Crippen LogP contribution in [0.1, 0.15) is 19.0 Å². The molecule has 0 atom stereocenters. The van der Waals surface area contributed by atoms with Crippen molar-refractivity contribution in [1.29, 1.82) is 0 Å². The van der Waals surface area contributed by atoms with E-state index in [-0.39, 0.29) is 17.5 Å². The van der Waals surface area contributed by atoms with Crippen LogP contribution in [0, 0.1) is 5.82 Å². The highest BCUT2D eigenvalue weighted by Gasteiger charge is 2.13. The van der Waals surface area contributed by atoms with E-state index in [0.717, 1.165) is 18.5 Å². The fraction of sp³-hybridized carbons (Fsp3) is 0.250. The Bertz CT molecular complexity index is 896. The summed E-state index contributed by atoms with van der Waals surface area (Å²) in [6.45, 7) is 2.06. The summed E-state index contributed by atoms with van der Waals surface area (Å²) >= 11 is 1.20. The van der Waals surface area contributed by atoms with Crippen molar-refractivity contribution in [2.75, 3.05) is 16.8 Å². The highest BCUT2D eigenvalue weighted by Crippen LogP contribution is 2.20. The quantitative estimate of drug-likeness (QED) is 0.656. The van der Waals surface area contributed by atoms with Gasteiger partial charge < -0.3 is 11.1 Å². The standard InChI is InChI=1S/C16H17FN6OS/c1-2-3-12-8-13-21-22-16(23(13)15(18)20-12)25-9-14(24)19-11-6-4-10(17)5-7-11/h4-8H,2-3,9H2,1H3,(H2,18,20)(H,19,24). The molecule has 0 saturated carbocycles. The molecule has 25 heavy (non-hydrogen) atoms. The number of nitrogens with two attached hydrogens (primary N) is 1. The van der Waals surface area contributed by atoms with E-state index in [1.54, 1.807) is 4.40 Å². The molecule has 1 amide bonds. The number of rotatable bonds is 6. The number of carbonyl (C=O) groups excluding carboxylic acids is 1. The van der Waals surface area contributed by atoms with Gasteiger partial charge in [0.15, 0.2) is 10.8 Å². The van der Waals surface area contributed by atoms with Crippen LogP contribution in [0.15, 0.2) is 35.5 Å². The highest BCUT2D eigenvalue weighted by molar-refractivity contribution is 7.99. The number of carbonyl (C=O) groups is 1. The molecule has 0 radical (unpaired) electrons. The Morgan fingerprint density at radius 1 is 1.32 bits per heavy atom. The molecule has 3 aromatic rings. The van der Waals surface area contributed by atoms with Crippen LogP contribution in [0.2, 0.25) is 0 Å². The Morgan fingerprint density at radius 2 is 2.08 bits per heavy atom. The average Bonchev–Trinajstić information content (AvgIpc) is 2.99. The molecule has 3 rings (SSSR count). The maximum Gasteiger partial charge on any atom is 0.234 e. The molecule has 9 heteroatoms. The van der Waals surface area contributed by atoms with Gasteiger partial charge in [-0.2, -0.15) is 0 Å². The van der Waals surface area contributed by atoms with Gasteiger partial charge in [-0.15, -0.1) is 10.2 Å². The molecule has 2 aromatic heterocycles. The average molecular weight is 360 g/mol. The van der Waals surface area contributed by atoms with Crippen LogP contribution in [0.25, 0.3) is 5.65 Å². The van der Waals surface area contributed by atoms with E-state index < -0.39 is 0 Å². The molecule has 0 bridgehead atoms. The number of amides is 1. The summed E-state index contributed by atoms with van der Waals surface area (Å²) in [5.74, 6) is -0.170. The van der Waals surface area contributed by atoms with Crippen LogP contribution < -0.4 is 11.1 Å². The molecule has 1 aromatic carbocycles. The summed E-state index contributed by atoms with van der Waals surface area (Å²) < 4.78 is 14.5. The van der Waals surface area contributed by atoms with Crippen LogP contribution in [0.3, 0.4) is 0 Å². The second-order valence-electron chi connectivity index (χ2n) is 5.38. The number of nitrogens with zero attached hydrogens (tertiary/aromatic N) is 4. The number of hydrogen-bond donors (Lipinski definition) is 2. The molecule has 0 aliphatic heterocycles. The number of aryl methyl sites for hydroxylation is 1. The first-order valence-corrected chi connectivity index (χ1v) is 8.74. The Morgan fingerprint density at radius 3 is 2.80 bits per heavy atom. The van der Waals surface area contributed by atoms with E-state index in [0.29, 0.717) is 22.4 Å². The maximum atomic E-state index is 12.9. The lowest BCUT2D eigenvalue weighted by molar-refractivity contribution is -0.113. The minimum atomic E-state index is -0.354. The second-order valence-corrected chi connectivity index (χ2v) is 6.32. The number of benzene rings is 1. The normalized spacial score (nSPS) is 11.0. The second kappa shape index (κ2) is 7.47. The van der Waals surface area contributed by atoms with Gasteiger partial charge in [0.05, 0.1) is 5.75 Å². The van der Waals surface area contributed by atoms with Crippen LogP contribution in [0.5, 0.6) is 0 Å². The zero-order chi connectivity index (χ0) is 17.8. The van der Waals surface area contributed by atoms with Crippen LogP contribution in [-0.4, -0.2) is 31.2 Å². The summed E-state index contributed by atoms with van der Waals surface area (Å²) in [5, 5.41) is 11.4. The monoisotopic (exact) mass is 360 g/mol. The minimum Gasteiger partial charge on any atom is -0.369 e. The number of hydrogen-bond acceptors (Lipinski definition) is 6. The molecule has 3 N–H and O–H groups in total. The third-order valence-corrected chi connectivity index (χ3v) is 4.34. The summed E-state index contributed by atoms with van der Waals surface area (Å²) in [6.07, 6.45) is 1.78. The van der Waals surface area contributed by atoms with Gasteiger partial charge in [0.25, 0.3) is 0 Å². The molecule has 0 fully saturated rings. The third-order valence-electron chi connectivity index (χ3n) is 3.41. The van der Waals surface area contributed by atoms with Gasteiger partial charge >= 0.3 is 0 Å². The largest absolute Gasteiger partial charge is 0.369 e. The molecule has 0 aliphatic rings. The van der Waals surface area contributed by atoms with Crippen molar-refractivity contribution in [2.24, 2.45) is 0 Å². The number of nitrogen functional groups attached to an aromatic ring is 1. The van der Waals surface area contributed by atoms with E-state index in [1.807, 2.05) is 6.07 Å². The van der Waals surface area contributed by atoms with E-state index in [2.05, 4.69) is 27.4 Å². The number of fused-ring (bicyclic) bond motifs is 1. The number of aromatic nitrogens is 4. The van der Waals surface area contributed by atoms with E-state index in [1.165, 1.54) is 36.0 Å². The smallest absolute Gasteiger partial charge is 0.234 e. The number of nitrogens with one attached hydrogen (secondary N) is 1. The predicted molar refractivity (Wildman–Crippen MR) is 94.9 cm³/mol. The predicted octanol–water partition coefficient (Wildman–Crippen LogP) is 2.53. The highest BCUT2D eigenvalue weighted by atomic mass is 32.2. The van der Waals surface area contributed by atoms with E-state index in [9.17, 15) is 9.18 Å². The van der Waals surface area contributed by atoms with Crippen molar-refractivity contribution in [3.05, 3.63) is 41.8 Å². The summed E-state index contributed by atoms with van der Waals surface area (Å²) in [5.41, 5.74) is 8.01. The first-order chi connectivity index (χ1) is 12.1. The molecule has 0 saturated heterocycles. The van der Waals surface area contributed by atoms with Crippen molar-refractivity contribution in [2.45, 2.75) is 24.9 Å². The van der Waals surface area contributed by atoms with Crippen molar-refractivity contribution < 1.29 is 9.18 Å². The Hall–Kier alpha value is -2.68. The van der Waals surface area contributed by atoms with Gasteiger partial charge in [0.2, 0.25) is 11.9 Å². The van der Waals surface area contributed by atoms with Crippen molar-refractivity contribution in [3.63, 3.8) is 0 Å². The number of halogens is 1. The Kier molecular flexibility index (Phi) is 5.13. The van der Waals surface area contributed by atoms with Gasteiger partial charge in [-0.1, -0.05) is 25.1 Å². The molecule has 130 valence electrons. The molecule has 0 spiro atoms. The first kappa shape index (κ1) is 17.2. The summed E-state index contributed by atoms with van der Waals surface area (Å²) in [4.78, 5) is 16.4. The molecule has 0 unspecified atom stereocenters. The van der Waals surface area contributed by atoms with Gasteiger partial charge in [-0.25, -0.2) is 13.8 Å². The van der Waals surface area contributed by atoms with Crippen LogP contribution in [-0.2, 0) is 11.2 Å². The lowest BCUT2D eigenvalue weighted by atomic mass is 10.2. The number of anilines is 2. The van der Waals surface area contributed by atoms with Crippen molar-refractivity contribution in [3.8, 4) is 0 Å². The van der Waals surface area contributed by atoms with Gasteiger partial charge in [0.1, 0.15) is 5.82 Å². The fourth-order valence-electron chi connectivity index (χ4n) is 2.31. The lowest BCUT2D eigenvalue weighted by Gasteiger charge is -2.06. The van der Waals surface area contributed by atoms with E-state index in [4.69, 9.17) is 5.73 Å². The molecule has 2 heterocycles. The summed E-state index contributed by atoms with van der Waals surface area (Å²) in [6, 6.07) is 7.42. The van der Waals surface area contributed by atoms with Crippen molar-refractivity contribution >= 4 is 35.0 Å². The first-order valence-electron chi connectivity index (χ1n) is 7.75. The summed E-state index contributed by atoms with van der Waals surface area (Å²) in [7, 11) is 0. The zero-order valence-electron chi connectivity index (χ0n) is 13.6. The molecular weight excluding hydrogens is 343 g/mol. The maximum absolute atomic E-state index is 12.9.